The lowest BCUT2D eigenvalue weighted by atomic mass is 9.99. The molecule has 1 aliphatic heterocycles. The number of fused-ring (bicyclic) bond motifs is 2. The number of methoxy groups -OCH3 is 2. The van der Waals surface area contributed by atoms with Crippen molar-refractivity contribution in [2.45, 2.75) is 19.5 Å². The highest BCUT2D eigenvalue weighted by atomic mass is 16.5. The highest BCUT2D eigenvalue weighted by Gasteiger charge is 2.21. The first-order valence-corrected chi connectivity index (χ1v) is 12.4. The summed E-state index contributed by atoms with van der Waals surface area (Å²) in [5.74, 6) is 1.43. The van der Waals surface area contributed by atoms with Gasteiger partial charge in [-0.2, -0.15) is 0 Å². The second-order valence-electron chi connectivity index (χ2n) is 9.64. The minimum atomic E-state index is -0.0299. The topological polar surface area (TPSA) is 71.3 Å². The first-order valence-electron chi connectivity index (χ1n) is 12.4. The first-order chi connectivity index (χ1) is 17.9. The van der Waals surface area contributed by atoms with Gasteiger partial charge in [0.2, 0.25) is 5.91 Å². The summed E-state index contributed by atoms with van der Waals surface area (Å²) in [6, 6.07) is 18.0. The van der Waals surface area contributed by atoms with E-state index in [0.29, 0.717) is 18.8 Å². The largest absolute Gasteiger partial charge is 0.493 e. The number of amides is 1. The van der Waals surface area contributed by atoms with Crippen molar-refractivity contribution in [2.75, 3.05) is 46.7 Å². The maximum Gasteiger partial charge on any atom is 0.238 e. The second kappa shape index (κ2) is 10.6. The number of imidazole rings is 1. The van der Waals surface area contributed by atoms with Gasteiger partial charge in [0.15, 0.2) is 11.5 Å². The van der Waals surface area contributed by atoms with E-state index >= 15 is 0 Å². The Morgan fingerprint density at radius 2 is 1.76 bits per heavy atom. The lowest BCUT2D eigenvalue weighted by molar-refractivity contribution is -0.117. The average Bonchev–Trinajstić information content (AvgIpc) is 3.26. The van der Waals surface area contributed by atoms with Crippen molar-refractivity contribution < 1.29 is 14.3 Å². The minimum absolute atomic E-state index is 0.0299. The van der Waals surface area contributed by atoms with Crippen LogP contribution in [0.15, 0.2) is 60.8 Å². The summed E-state index contributed by atoms with van der Waals surface area (Å²) in [6.07, 6.45) is 2.91. The summed E-state index contributed by atoms with van der Waals surface area (Å²) in [7, 11) is 7.40. The van der Waals surface area contributed by atoms with Crippen LogP contribution in [0.4, 0.5) is 5.69 Å². The lowest BCUT2D eigenvalue weighted by Gasteiger charge is -2.29. The van der Waals surface area contributed by atoms with Crippen LogP contribution >= 0.6 is 0 Å². The molecule has 0 aliphatic carbocycles. The van der Waals surface area contributed by atoms with Crippen molar-refractivity contribution in [1.82, 2.24) is 19.2 Å². The summed E-state index contributed by atoms with van der Waals surface area (Å²) in [5, 5.41) is 3.05. The maximum absolute atomic E-state index is 12.8. The Bertz CT molecular complexity index is 1410. The number of carbonyl (C=O) groups is 1. The van der Waals surface area contributed by atoms with Crippen LogP contribution in [0.5, 0.6) is 11.5 Å². The number of ether oxygens (including phenoxy) is 2. The quantitative estimate of drug-likeness (QED) is 0.394. The van der Waals surface area contributed by atoms with Gasteiger partial charge in [0.1, 0.15) is 5.65 Å². The number of aromatic nitrogens is 2. The molecule has 8 nitrogen and oxygen atoms in total. The molecule has 0 spiro atoms. The van der Waals surface area contributed by atoms with Gasteiger partial charge in [-0.25, -0.2) is 4.98 Å². The standard InChI is InChI=1S/C29H33N5O3/c1-32(2)18-24-29(31-27-7-5-6-13-34(24)27)20-8-10-23(11-9-20)30-28(35)19-33-14-12-21-15-25(36-3)26(37-4)16-22(21)17-33/h5-11,13,15-16H,12,14,17-19H2,1-4H3,(H,30,35). The van der Waals surface area contributed by atoms with E-state index < -0.39 is 0 Å². The predicted octanol–water partition coefficient (Wildman–Crippen LogP) is 4.08. The summed E-state index contributed by atoms with van der Waals surface area (Å²) in [4.78, 5) is 22.0. The number of hydrogen-bond acceptors (Lipinski definition) is 6. The average molecular weight is 500 g/mol. The molecule has 0 fully saturated rings. The fourth-order valence-corrected chi connectivity index (χ4v) is 4.92. The molecule has 1 N–H and O–H groups in total. The van der Waals surface area contributed by atoms with E-state index in [2.05, 4.69) is 33.6 Å². The molecule has 1 amide bonds. The normalized spacial score (nSPS) is 13.5. The van der Waals surface area contributed by atoms with Gasteiger partial charge in [0.05, 0.1) is 32.2 Å². The molecule has 5 rings (SSSR count). The van der Waals surface area contributed by atoms with Crippen molar-refractivity contribution in [2.24, 2.45) is 0 Å². The Morgan fingerprint density at radius 3 is 2.46 bits per heavy atom. The molecule has 3 heterocycles. The number of anilines is 1. The van der Waals surface area contributed by atoms with E-state index in [9.17, 15) is 4.79 Å². The number of nitrogens with one attached hydrogen (secondary N) is 1. The summed E-state index contributed by atoms with van der Waals surface area (Å²) < 4.78 is 13.0. The molecule has 1 aliphatic rings. The fourth-order valence-electron chi connectivity index (χ4n) is 4.92. The Kier molecular flexibility index (Phi) is 7.12. The highest BCUT2D eigenvalue weighted by Crippen LogP contribution is 2.33. The molecule has 0 atom stereocenters. The SMILES string of the molecule is COc1cc2c(cc1OC)CN(CC(=O)Nc1ccc(-c3nc4ccccn4c3CN(C)C)cc1)CC2. The number of benzene rings is 2. The van der Waals surface area contributed by atoms with Crippen LogP contribution in [0.25, 0.3) is 16.9 Å². The van der Waals surface area contributed by atoms with E-state index in [1.165, 1.54) is 11.1 Å². The van der Waals surface area contributed by atoms with Gasteiger partial charge in [-0.05, 0) is 68.0 Å². The van der Waals surface area contributed by atoms with Crippen molar-refractivity contribution in [1.29, 1.82) is 0 Å². The Labute approximate surface area is 217 Å². The van der Waals surface area contributed by atoms with Crippen LogP contribution in [-0.2, 0) is 24.3 Å². The van der Waals surface area contributed by atoms with E-state index in [4.69, 9.17) is 14.5 Å². The molecule has 0 saturated heterocycles. The molecule has 2 aromatic heterocycles. The van der Waals surface area contributed by atoms with Crippen LogP contribution in [0.2, 0.25) is 0 Å². The zero-order chi connectivity index (χ0) is 25.9. The molecule has 2 aromatic carbocycles. The second-order valence-corrected chi connectivity index (χ2v) is 9.64. The van der Waals surface area contributed by atoms with E-state index in [0.717, 1.165) is 53.5 Å². The van der Waals surface area contributed by atoms with Gasteiger partial charge < -0.3 is 24.1 Å². The summed E-state index contributed by atoms with van der Waals surface area (Å²) in [6.45, 7) is 2.62. The monoisotopic (exact) mass is 499 g/mol. The Balaban J connectivity index is 1.26. The molecule has 37 heavy (non-hydrogen) atoms. The highest BCUT2D eigenvalue weighted by molar-refractivity contribution is 5.92. The van der Waals surface area contributed by atoms with E-state index in [1.54, 1.807) is 14.2 Å². The van der Waals surface area contributed by atoms with Crippen LogP contribution < -0.4 is 14.8 Å². The smallest absolute Gasteiger partial charge is 0.238 e. The number of rotatable bonds is 8. The molecular weight excluding hydrogens is 466 g/mol. The minimum Gasteiger partial charge on any atom is -0.493 e. The maximum atomic E-state index is 12.8. The van der Waals surface area contributed by atoms with Crippen molar-refractivity contribution in [3.8, 4) is 22.8 Å². The summed E-state index contributed by atoms with van der Waals surface area (Å²) in [5.41, 5.74) is 7.22. The predicted molar refractivity (Wildman–Crippen MR) is 145 cm³/mol. The zero-order valence-corrected chi connectivity index (χ0v) is 21.8. The molecule has 0 radical (unpaired) electrons. The van der Waals surface area contributed by atoms with Crippen molar-refractivity contribution in [3.63, 3.8) is 0 Å². The van der Waals surface area contributed by atoms with Gasteiger partial charge in [0, 0.05) is 37.1 Å². The Morgan fingerprint density at radius 1 is 1.03 bits per heavy atom. The third-order valence-corrected chi connectivity index (χ3v) is 6.70. The van der Waals surface area contributed by atoms with E-state index in [-0.39, 0.29) is 5.91 Å². The van der Waals surface area contributed by atoms with E-state index in [1.807, 2.05) is 60.8 Å². The van der Waals surface area contributed by atoms with Crippen molar-refractivity contribution >= 4 is 17.2 Å². The number of hydrogen-bond donors (Lipinski definition) is 1. The number of nitrogens with zero attached hydrogens (tertiary/aromatic N) is 4. The van der Waals surface area contributed by atoms with Gasteiger partial charge >= 0.3 is 0 Å². The third kappa shape index (κ3) is 5.30. The molecule has 192 valence electrons. The molecule has 0 unspecified atom stereocenters. The number of carbonyl (C=O) groups excluding carboxylic acids is 1. The van der Waals surface area contributed by atoms with Gasteiger partial charge in [-0.1, -0.05) is 18.2 Å². The number of pyridine rings is 1. The van der Waals surface area contributed by atoms with Crippen LogP contribution in [0.3, 0.4) is 0 Å². The molecule has 0 bridgehead atoms. The van der Waals surface area contributed by atoms with Gasteiger partial charge in [0.25, 0.3) is 0 Å². The third-order valence-electron chi connectivity index (χ3n) is 6.70. The van der Waals surface area contributed by atoms with Crippen molar-refractivity contribution in [3.05, 3.63) is 77.6 Å². The molecule has 0 saturated carbocycles. The molecule has 4 aromatic rings. The Hall–Kier alpha value is -3.88. The molecule has 8 heteroatoms. The van der Waals surface area contributed by atoms with Crippen LogP contribution in [-0.4, -0.2) is 66.5 Å². The van der Waals surface area contributed by atoms with Gasteiger partial charge in [-0.15, -0.1) is 0 Å². The molecular formula is C29H33N5O3. The lowest BCUT2D eigenvalue weighted by Crippen LogP contribution is -2.37. The van der Waals surface area contributed by atoms with Crippen LogP contribution in [0, 0.1) is 0 Å². The first kappa shape index (κ1) is 24.8. The summed E-state index contributed by atoms with van der Waals surface area (Å²) >= 11 is 0. The van der Waals surface area contributed by atoms with Gasteiger partial charge in [-0.3, -0.25) is 9.69 Å². The van der Waals surface area contributed by atoms with Crippen LogP contribution in [0.1, 0.15) is 16.8 Å². The zero-order valence-electron chi connectivity index (χ0n) is 21.8. The fraction of sp³-hybridized carbons (Fsp3) is 0.310.